The van der Waals surface area contributed by atoms with Crippen LogP contribution in [0, 0.1) is 6.92 Å². The number of nitrogens with one attached hydrogen (secondary N) is 1. The third-order valence-corrected chi connectivity index (χ3v) is 3.52. The highest BCUT2D eigenvalue weighted by molar-refractivity contribution is 5.54. The molecule has 0 spiro atoms. The molecule has 114 valence electrons. The molecule has 2 aromatic rings. The molecular formula is C17H26N4. The zero-order chi connectivity index (χ0) is 15.5. The average Bonchev–Trinajstić information content (AvgIpc) is 2.83. The summed E-state index contributed by atoms with van der Waals surface area (Å²) >= 11 is 0. The third-order valence-electron chi connectivity index (χ3n) is 3.52. The van der Waals surface area contributed by atoms with Crippen molar-refractivity contribution < 1.29 is 0 Å². The van der Waals surface area contributed by atoms with Crippen molar-refractivity contribution in [1.29, 1.82) is 0 Å². The Labute approximate surface area is 127 Å². The van der Waals surface area contributed by atoms with E-state index in [1.54, 1.807) is 0 Å². The van der Waals surface area contributed by atoms with Gasteiger partial charge in [-0.1, -0.05) is 39.0 Å². The monoisotopic (exact) mass is 286 g/mol. The molecule has 4 heteroatoms. The molecular weight excluding hydrogens is 260 g/mol. The predicted molar refractivity (Wildman–Crippen MR) is 89.2 cm³/mol. The van der Waals surface area contributed by atoms with Crippen LogP contribution in [0.5, 0.6) is 0 Å². The van der Waals surface area contributed by atoms with E-state index < -0.39 is 0 Å². The molecule has 3 N–H and O–H groups in total. The molecule has 2 rings (SSSR count). The lowest BCUT2D eigenvalue weighted by Crippen LogP contribution is -2.20. The molecule has 0 atom stereocenters. The maximum Gasteiger partial charge on any atom is 0.0769 e. The number of rotatable bonds is 5. The first kappa shape index (κ1) is 15.6. The largest absolute Gasteiger partial charge is 0.382 e. The highest BCUT2D eigenvalue weighted by Gasteiger charge is 2.25. The fraction of sp³-hybridized carbons (Fsp3) is 0.471. The maximum atomic E-state index is 5.57. The summed E-state index contributed by atoms with van der Waals surface area (Å²) in [6.45, 7) is 10.3. The standard InChI is InChI=1S/C17H26N4/c1-13-8-5-6-9-15(13)21-16(17(2,3)4)14(12-20-21)19-11-7-10-18/h5-6,8-9,12,19H,7,10-11,18H2,1-4H3. The lowest BCUT2D eigenvalue weighted by molar-refractivity contribution is 0.544. The van der Waals surface area contributed by atoms with E-state index in [2.05, 4.69) is 67.1 Å². The van der Waals surface area contributed by atoms with E-state index in [-0.39, 0.29) is 5.41 Å². The SMILES string of the molecule is Cc1ccccc1-n1ncc(NCCCN)c1C(C)(C)C. The highest BCUT2D eigenvalue weighted by atomic mass is 15.3. The lowest BCUT2D eigenvalue weighted by atomic mass is 9.90. The number of nitrogens with two attached hydrogens (primary N) is 1. The first-order valence-electron chi connectivity index (χ1n) is 7.53. The Bertz CT molecular complexity index is 593. The van der Waals surface area contributed by atoms with Gasteiger partial charge in [-0.3, -0.25) is 0 Å². The van der Waals surface area contributed by atoms with Gasteiger partial charge in [0.1, 0.15) is 0 Å². The Morgan fingerprint density at radius 2 is 1.95 bits per heavy atom. The average molecular weight is 286 g/mol. The van der Waals surface area contributed by atoms with Crippen LogP contribution in [-0.2, 0) is 5.41 Å². The number of hydrogen-bond acceptors (Lipinski definition) is 3. The summed E-state index contributed by atoms with van der Waals surface area (Å²) in [5.41, 5.74) is 10.2. The van der Waals surface area contributed by atoms with Crippen LogP contribution in [0.25, 0.3) is 5.69 Å². The van der Waals surface area contributed by atoms with Crippen LogP contribution < -0.4 is 11.1 Å². The van der Waals surface area contributed by atoms with E-state index in [1.165, 1.54) is 11.3 Å². The summed E-state index contributed by atoms with van der Waals surface area (Å²) < 4.78 is 2.06. The van der Waals surface area contributed by atoms with Gasteiger partial charge in [0.2, 0.25) is 0 Å². The number of hydrogen-bond donors (Lipinski definition) is 2. The summed E-state index contributed by atoms with van der Waals surface area (Å²) in [6, 6.07) is 8.34. The van der Waals surface area contributed by atoms with Crippen molar-refractivity contribution in [2.45, 2.75) is 39.5 Å². The second kappa shape index (κ2) is 6.31. The molecule has 0 aliphatic rings. The van der Waals surface area contributed by atoms with Crippen LogP contribution in [0.3, 0.4) is 0 Å². The minimum Gasteiger partial charge on any atom is -0.382 e. The van der Waals surface area contributed by atoms with Gasteiger partial charge in [0.05, 0.1) is 23.3 Å². The van der Waals surface area contributed by atoms with Crippen LogP contribution in [0.1, 0.15) is 38.4 Å². The highest BCUT2D eigenvalue weighted by Crippen LogP contribution is 2.32. The summed E-state index contributed by atoms with van der Waals surface area (Å²) in [5.74, 6) is 0. The zero-order valence-electron chi connectivity index (χ0n) is 13.5. The molecule has 0 radical (unpaired) electrons. The Balaban J connectivity index is 2.45. The third kappa shape index (κ3) is 3.45. The van der Waals surface area contributed by atoms with Crippen LogP contribution in [-0.4, -0.2) is 22.9 Å². The molecule has 0 aliphatic carbocycles. The smallest absolute Gasteiger partial charge is 0.0769 e. The minimum atomic E-state index is 0.00380. The number of para-hydroxylation sites is 1. The van der Waals surface area contributed by atoms with Crippen molar-refractivity contribution in [2.24, 2.45) is 5.73 Å². The summed E-state index contributed by atoms with van der Waals surface area (Å²) in [4.78, 5) is 0. The summed E-state index contributed by atoms with van der Waals surface area (Å²) in [6.07, 6.45) is 2.88. The Morgan fingerprint density at radius 3 is 2.57 bits per heavy atom. The van der Waals surface area contributed by atoms with E-state index >= 15 is 0 Å². The van der Waals surface area contributed by atoms with Gasteiger partial charge < -0.3 is 11.1 Å². The quantitative estimate of drug-likeness (QED) is 0.830. The minimum absolute atomic E-state index is 0.00380. The number of aromatic nitrogens is 2. The number of benzene rings is 1. The van der Waals surface area contributed by atoms with Crippen molar-refractivity contribution >= 4 is 5.69 Å². The van der Waals surface area contributed by atoms with Crippen molar-refractivity contribution in [3.63, 3.8) is 0 Å². The molecule has 0 fully saturated rings. The van der Waals surface area contributed by atoms with Crippen molar-refractivity contribution in [3.8, 4) is 5.69 Å². The van der Waals surface area contributed by atoms with Crippen LogP contribution >= 0.6 is 0 Å². The van der Waals surface area contributed by atoms with Crippen molar-refractivity contribution in [1.82, 2.24) is 9.78 Å². The lowest BCUT2D eigenvalue weighted by Gasteiger charge is -2.23. The van der Waals surface area contributed by atoms with Gasteiger partial charge in [0, 0.05) is 12.0 Å². The van der Waals surface area contributed by atoms with E-state index in [9.17, 15) is 0 Å². The van der Waals surface area contributed by atoms with E-state index in [0.717, 1.165) is 24.3 Å². The summed E-state index contributed by atoms with van der Waals surface area (Å²) in [7, 11) is 0. The van der Waals surface area contributed by atoms with Gasteiger partial charge in [-0.2, -0.15) is 5.10 Å². The number of aryl methyl sites for hydroxylation is 1. The molecule has 1 aromatic carbocycles. The first-order valence-corrected chi connectivity index (χ1v) is 7.53. The molecule has 0 aliphatic heterocycles. The number of nitrogens with zero attached hydrogens (tertiary/aromatic N) is 2. The second-order valence-corrected chi connectivity index (χ2v) is 6.42. The molecule has 0 saturated carbocycles. The fourth-order valence-electron chi connectivity index (χ4n) is 2.51. The summed E-state index contributed by atoms with van der Waals surface area (Å²) in [5, 5.41) is 8.08. The van der Waals surface area contributed by atoms with Gasteiger partial charge in [-0.25, -0.2) is 4.68 Å². The van der Waals surface area contributed by atoms with Gasteiger partial charge >= 0.3 is 0 Å². The molecule has 1 aromatic heterocycles. The molecule has 0 bridgehead atoms. The van der Waals surface area contributed by atoms with Gasteiger partial charge in [0.15, 0.2) is 0 Å². The normalized spacial score (nSPS) is 11.7. The topological polar surface area (TPSA) is 55.9 Å². The predicted octanol–water partition coefficient (Wildman–Crippen LogP) is 3.24. The molecule has 0 amide bonds. The van der Waals surface area contributed by atoms with E-state index in [1.807, 2.05) is 6.20 Å². The van der Waals surface area contributed by atoms with Crippen LogP contribution in [0.15, 0.2) is 30.5 Å². The molecule has 21 heavy (non-hydrogen) atoms. The van der Waals surface area contributed by atoms with Gasteiger partial charge in [-0.15, -0.1) is 0 Å². The Hall–Kier alpha value is -1.81. The van der Waals surface area contributed by atoms with E-state index in [4.69, 9.17) is 5.73 Å². The van der Waals surface area contributed by atoms with E-state index in [0.29, 0.717) is 6.54 Å². The van der Waals surface area contributed by atoms with Crippen LogP contribution in [0.2, 0.25) is 0 Å². The van der Waals surface area contributed by atoms with Gasteiger partial charge in [-0.05, 0) is 31.5 Å². The molecule has 0 saturated heterocycles. The zero-order valence-corrected chi connectivity index (χ0v) is 13.5. The maximum absolute atomic E-state index is 5.57. The van der Waals surface area contributed by atoms with Gasteiger partial charge in [0.25, 0.3) is 0 Å². The number of anilines is 1. The first-order chi connectivity index (χ1) is 9.95. The Kier molecular flexibility index (Phi) is 4.68. The van der Waals surface area contributed by atoms with Crippen molar-refractivity contribution in [3.05, 3.63) is 41.7 Å². The van der Waals surface area contributed by atoms with Crippen LogP contribution in [0.4, 0.5) is 5.69 Å². The molecule has 0 unspecified atom stereocenters. The fourth-order valence-corrected chi connectivity index (χ4v) is 2.51. The second-order valence-electron chi connectivity index (χ2n) is 6.42. The molecule has 4 nitrogen and oxygen atoms in total. The Morgan fingerprint density at radius 1 is 1.24 bits per heavy atom. The molecule has 1 heterocycles. The van der Waals surface area contributed by atoms with Crippen molar-refractivity contribution in [2.75, 3.05) is 18.4 Å².